The van der Waals surface area contributed by atoms with E-state index in [1.54, 1.807) is 38.0 Å². The zero-order chi connectivity index (χ0) is 28.4. The first-order chi connectivity index (χ1) is 19.3. The average molecular weight is 567 g/mol. The van der Waals surface area contributed by atoms with Gasteiger partial charge in [-0.15, -0.1) is 0 Å². The van der Waals surface area contributed by atoms with Crippen LogP contribution in [-0.2, 0) is 4.74 Å². The molecule has 0 radical (unpaired) electrons. The maximum atomic E-state index is 14.7. The molecule has 0 N–H and O–H groups in total. The second kappa shape index (κ2) is 11.5. The molecule has 1 saturated heterocycles. The minimum Gasteiger partial charge on any atom is -0.497 e. The van der Waals surface area contributed by atoms with Crippen LogP contribution in [0.25, 0.3) is 22.5 Å². The zero-order valence-electron chi connectivity index (χ0n) is 22.3. The van der Waals surface area contributed by atoms with Crippen LogP contribution >= 0.6 is 11.6 Å². The molecule has 1 fully saturated rings. The summed E-state index contributed by atoms with van der Waals surface area (Å²) in [4.78, 5) is 27.8. The highest BCUT2D eigenvalue weighted by molar-refractivity contribution is 6.33. The highest BCUT2D eigenvalue weighted by atomic mass is 35.5. The summed E-state index contributed by atoms with van der Waals surface area (Å²) >= 11 is 6.25. The largest absolute Gasteiger partial charge is 0.497 e. The van der Waals surface area contributed by atoms with Crippen LogP contribution in [0.4, 0.5) is 4.39 Å². The van der Waals surface area contributed by atoms with Crippen LogP contribution in [0, 0.1) is 12.7 Å². The van der Waals surface area contributed by atoms with E-state index in [4.69, 9.17) is 25.6 Å². The van der Waals surface area contributed by atoms with Gasteiger partial charge in [-0.1, -0.05) is 22.8 Å². The number of halogens is 2. The predicted molar refractivity (Wildman–Crippen MR) is 146 cm³/mol. The van der Waals surface area contributed by atoms with E-state index >= 15 is 0 Å². The fraction of sp³-hybridized carbons (Fsp3) is 0.310. The van der Waals surface area contributed by atoms with E-state index < -0.39 is 11.8 Å². The van der Waals surface area contributed by atoms with Gasteiger partial charge in [-0.25, -0.2) is 9.18 Å². The summed E-state index contributed by atoms with van der Waals surface area (Å²) < 4.78 is 32.3. The summed E-state index contributed by atoms with van der Waals surface area (Å²) in [5.74, 6) is -0.391. The standard InChI is InChI=1S/C29H28ClFN4O5/c1-4-39-29(37)23-16-24(18-8-10-20(38-3)11-9-18)35(32-23)19-12-14-34(15-13-19)28(36)25-17(2)40-33-27(25)26-21(30)6-5-7-22(26)31/h5-11,16,19H,4,12-15H2,1-3H3. The van der Waals surface area contributed by atoms with Crippen molar-refractivity contribution in [3.63, 3.8) is 0 Å². The van der Waals surface area contributed by atoms with E-state index in [-0.39, 0.29) is 51.9 Å². The van der Waals surface area contributed by atoms with Crippen molar-refractivity contribution < 1.29 is 28.0 Å². The minimum atomic E-state index is -0.587. The number of piperidine rings is 1. The number of carbonyl (C=O) groups is 2. The highest BCUT2D eigenvalue weighted by Crippen LogP contribution is 2.36. The molecule has 1 aliphatic heterocycles. The summed E-state index contributed by atoms with van der Waals surface area (Å²) in [6.07, 6.45) is 1.16. The van der Waals surface area contributed by atoms with E-state index in [1.807, 2.05) is 28.9 Å². The number of methoxy groups -OCH3 is 1. The topological polar surface area (TPSA) is 99.7 Å². The third-order valence-electron chi connectivity index (χ3n) is 6.98. The Labute approximate surface area is 235 Å². The van der Waals surface area contributed by atoms with Crippen molar-refractivity contribution >= 4 is 23.5 Å². The van der Waals surface area contributed by atoms with Crippen molar-refractivity contribution in [2.24, 2.45) is 0 Å². The van der Waals surface area contributed by atoms with Crippen LogP contribution in [-0.4, -0.2) is 58.5 Å². The quantitative estimate of drug-likeness (QED) is 0.254. The smallest absolute Gasteiger partial charge is 0.358 e. The number of aromatic nitrogens is 3. The predicted octanol–water partition coefficient (Wildman–Crippen LogP) is 5.97. The van der Waals surface area contributed by atoms with Gasteiger partial charge in [0.1, 0.15) is 28.6 Å². The van der Waals surface area contributed by atoms with Gasteiger partial charge >= 0.3 is 5.97 Å². The first-order valence-corrected chi connectivity index (χ1v) is 13.3. The molecule has 0 spiro atoms. The second-order valence-electron chi connectivity index (χ2n) is 9.39. The number of esters is 1. The highest BCUT2D eigenvalue weighted by Gasteiger charge is 2.32. The Balaban J connectivity index is 1.40. The van der Waals surface area contributed by atoms with Gasteiger partial charge in [0.2, 0.25) is 0 Å². The van der Waals surface area contributed by atoms with Crippen molar-refractivity contribution in [2.45, 2.75) is 32.7 Å². The van der Waals surface area contributed by atoms with Crippen molar-refractivity contribution in [2.75, 3.05) is 26.8 Å². The Kier molecular flexibility index (Phi) is 7.88. The molecule has 0 atom stereocenters. The molecule has 5 rings (SSSR count). The Morgan fingerprint density at radius 2 is 1.88 bits per heavy atom. The fourth-order valence-electron chi connectivity index (χ4n) is 4.95. The van der Waals surface area contributed by atoms with E-state index in [1.165, 1.54) is 12.1 Å². The molecule has 0 saturated carbocycles. The summed E-state index contributed by atoms with van der Waals surface area (Å²) in [6.45, 7) is 4.43. The summed E-state index contributed by atoms with van der Waals surface area (Å²) in [5, 5.41) is 8.71. The fourth-order valence-corrected chi connectivity index (χ4v) is 5.20. The molecule has 208 valence electrons. The number of nitrogens with zero attached hydrogens (tertiary/aromatic N) is 4. The molecule has 0 unspecified atom stereocenters. The summed E-state index contributed by atoms with van der Waals surface area (Å²) in [7, 11) is 1.60. The lowest BCUT2D eigenvalue weighted by atomic mass is 10.0. The third kappa shape index (κ3) is 5.19. The SMILES string of the molecule is CCOC(=O)c1cc(-c2ccc(OC)cc2)n(C2CCN(C(=O)c3c(-c4c(F)cccc4Cl)noc3C)CC2)n1. The van der Waals surface area contributed by atoms with Crippen molar-refractivity contribution in [3.8, 4) is 28.3 Å². The Morgan fingerprint density at radius 1 is 1.15 bits per heavy atom. The molecule has 9 nitrogen and oxygen atoms in total. The molecule has 2 aromatic heterocycles. The van der Waals surface area contributed by atoms with Gasteiger partial charge in [-0.2, -0.15) is 5.10 Å². The Morgan fingerprint density at radius 3 is 2.52 bits per heavy atom. The molecule has 1 aliphatic rings. The lowest BCUT2D eigenvalue weighted by molar-refractivity contribution is 0.0517. The van der Waals surface area contributed by atoms with Crippen LogP contribution in [0.1, 0.15) is 52.4 Å². The van der Waals surface area contributed by atoms with Crippen LogP contribution < -0.4 is 4.74 Å². The number of likely N-dealkylation sites (tertiary alicyclic amines) is 1. The number of benzene rings is 2. The molecular weight excluding hydrogens is 539 g/mol. The van der Waals surface area contributed by atoms with Crippen LogP contribution in [0.2, 0.25) is 5.02 Å². The summed E-state index contributed by atoms with van der Waals surface area (Å²) in [6, 6.07) is 13.4. The second-order valence-corrected chi connectivity index (χ2v) is 9.80. The van der Waals surface area contributed by atoms with E-state index in [0.29, 0.717) is 31.7 Å². The van der Waals surface area contributed by atoms with Gasteiger partial charge in [0.05, 0.1) is 36.0 Å². The van der Waals surface area contributed by atoms with Gasteiger partial charge in [0, 0.05) is 18.7 Å². The maximum Gasteiger partial charge on any atom is 0.358 e. The molecule has 0 bridgehead atoms. The van der Waals surface area contributed by atoms with Crippen molar-refractivity contribution in [3.05, 3.63) is 76.4 Å². The number of hydrogen-bond acceptors (Lipinski definition) is 7. The van der Waals surface area contributed by atoms with Crippen molar-refractivity contribution in [1.29, 1.82) is 0 Å². The van der Waals surface area contributed by atoms with Gasteiger partial charge in [0.25, 0.3) is 5.91 Å². The Hall–Kier alpha value is -4.18. The monoisotopic (exact) mass is 566 g/mol. The van der Waals surface area contributed by atoms with Crippen LogP contribution in [0.15, 0.2) is 53.1 Å². The van der Waals surface area contributed by atoms with Crippen LogP contribution in [0.3, 0.4) is 0 Å². The first-order valence-electron chi connectivity index (χ1n) is 12.9. The van der Waals surface area contributed by atoms with Gasteiger partial charge in [-0.05, 0) is 69.2 Å². The lowest BCUT2D eigenvalue weighted by Gasteiger charge is -2.33. The molecular formula is C29H28ClFN4O5. The summed E-state index contributed by atoms with van der Waals surface area (Å²) in [5.41, 5.74) is 2.16. The van der Waals surface area contributed by atoms with Gasteiger partial charge in [0.15, 0.2) is 5.69 Å². The van der Waals surface area contributed by atoms with E-state index in [9.17, 15) is 14.0 Å². The van der Waals surface area contributed by atoms with Gasteiger partial charge in [-0.3, -0.25) is 9.48 Å². The number of amides is 1. The molecule has 1 amide bonds. The number of aryl methyl sites for hydroxylation is 1. The zero-order valence-corrected chi connectivity index (χ0v) is 23.1. The van der Waals surface area contributed by atoms with Gasteiger partial charge < -0.3 is 18.9 Å². The van der Waals surface area contributed by atoms with E-state index in [2.05, 4.69) is 10.3 Å². The molecule has 11 heteroatoms. The number of carbonyl (C=O) groups excluding carboxylic acids is 2. The normalized spacial score (nSPS) is 13.9. The molecule has 40 heavy (non-hydrogen) atoms. The lowest BCUT2D eigenvalue weighted by Crippen LogP contribution is -2.39. The molecule has 4 aromatic rings. The van der Waals surface area contributed by atoms with Crippen molar-refractivity contribution in [1.82, 2.24) is 19.8 Å². The first kappa shape index (κ1) is 27.4. The van der Waals surface area contributed by atoms with E-state index in [0.717, 1.165) is 11.3 Å². The number of rotatable bonds is 7. The third-order valence-corrected chi connectivity index (χ3v) is 7.29. The number of ether oxygens (including phenoxy) is 2. The molecule has 0 aliphatic carbocycles. The minimum absolute atomic E-state index is 0.0337. The van der Waals surface area contributed by atoms with Crippen LogP contribution in [0.5, 0.6) is 5.75 Å². The maximum absolute atomic E-state index is 14.7. The molecule has 2 aromatic carbocycles. The number of hydrogen-bond donors (Lipinski definition) is 0. The average Bonchev–Trinajstić information content (AvgIpc) is 3.57. The Bertz CT molecular complexity index is 1520. The molecule has 3 heterocycles.